The fourth-order valence-electron chi connectivity index (χ4n) is 4.03. The number of hydrogen-bond acceptors (Lipinski definition) is 2. The van der Waals surface area contributed by atoms with Crippen LogP contribution in [0, 0.1) is 12.3 Å². The molecule has 0 radical (unpaired) electrons. The molecule has 0 spiro atoms. The maximum Gasteiger partial charge on any atom is 0.0658 e. The Morgan fingerprint density at radius 2 is 1.25 bits per heavy atom. The summed E-state index contributed by atoms with van der Waals surface area (Å²) in [6, 6.07) is 22.4. The Labute approximate surface area is 185 Å². The van der Waals surface area contributed by atoms with Crippen LogP contribution >= 0.6 is 0 Å². The lowest BCUT2D eigenvalue weighted by molar-refractivity contribution is 1.31. The van der Waals surface area contributed by atoms with Crippen LogP contribution in [-0.2, 0) is 0 Å². The smallest absolute Gasteiger partial charge is 0.0658 e. The number of H-pyrrole nitrogens is 2. The van der Waals surface area contributed by atoms with E-state index < -0.39 is 0 Å². The first-order chi connectivity index (χ1) is 15.7. The van der Waals surface area contributed by atoms with E-state index in [-0.39, 0.29) is 0 Å². The first kappa shape index (κ1) is 18.2. The zero-order chi connectivity index (χ0) is 21.5. The number of nitrogens with zero attached hydrogens (tertiary/aromatic N) is 2. The number of aromatic amines is 2. The molecule has 4 aromatic rings. The van der Waals surface area contributed by atoms with Gasteiger partial charge in [0.25, 0.3) is 0 Å². The predicted molar refractivity (Wildman–Crippen MR) is 132 cm³/mol. The van der Waals surface area contributed by atoms with E-state index in [9.17, 15) is 0 Å². The van der Waals surface area contributed by atoms with Crippen LogP contribution in [-0.4, -0.2) is 19.9 Å². The van der Waals surface area contributed by atoms with Crippen LogP contribution < -0.4 is 0 Å². The lowest BCUT2D eigenvalue weighted by Gasteiger charge is -2.00. The Morgan fingerprint density at radius 3 is 1.91 bits per heavy atom. The summed E-state index contributed by atoms with van der Waals surface area (Å²) in [6.07, 6.45) is 13.7. The molecule has 0 amide bonds. The van der Waals surface area contributed by atoms with Crippen LogP contribution in [0.2, 0.25) is 0 Å². The van der Waals surface area contributed by atoms with Crippen molar-refractivity contribution in [1.82, 2.24) is 19.9 Å². The van der Waals surface area contributed by atoms with Gasteiger partial charge in [0.2, 0.25) is 0 Å². The molecule has 4 nitrogen and oxygen atoms in total. The van der Waals surface area contributed by atoms with Crippen molar-refractivity contribution >= 4 is 46.4 Å². The molecule has 32 heavy (non-hydrogen) atoms. The zero-order valence-electron chi connectivity index (χ0n) is 17.1. The third-order valence-corrected chi connectivity index (χ3v) is 5.51. The molecule has 3 aromatic heterocycles. The van der Waals surface area contributed by atoms with Crippen molar-refractivity contribution < 1.29 is 0 Å². The molecule has 2 aliphatic rings. The SMILES string of the molecule is C#Cc1cccc(-c2cc3cc4nc(cc5ccc(cc6nc(cc2[nH]3)C=C6)[nH]5)C=C4)c1. The molecule has 0 saturated heterocycles. The number of rotatable bonds is 1. The summed E-state index contributed by atoms with van der Waals surface area (Å²) in [7, 11) is 0. The van der Waals surface area contributed by atoms with Crippen molar-refractivity contribution in [2.75, 3.05) is 0 Å². The van der Waals surface area contributed by atoms with Gasteiger partial charge in [-0.1, -0.05) is 18.1 Å². The monoisotopic (exact) mass is 410 g/mol. The maximum atomic E-state index is 5.63. The Bertz CT molecular complexity index is 1640. The maximum absolute atomic E-state index is 5.63. The van der Waals surface area contributed by atoms with Crippen LogP contribution in [0.5, 0.6) is 0 Å². The summed E-state index contributed by atoms with van der Waals surface area (Å²) in [5.74, 6) is 2.72. The Kier molecular flexibility index (Phi) is 4.12. The molecule has 0 unspecified atom stereocenters. The second kappa shape index (κ2) is 7.26. The lowest BCUT2D eigenvalue weighted by Crippen LogP contribution is -1.79. The van der Waals surface area contributed by atoms with Gasteiger partial charge in [0, 0.05) is 33.2 Å². The molecule has 5 heterocycles. The summed E-state index contributed by atoms with van der Waals surface area (Å²) in [5.41, 5.74) is 10.5. The van der Waals surface area contributed by atoms with Crippen molar-refractivity contribution in [2.24, 2.45) is 0 Å². The largest absolute Gasteiger partial charge is 0.355 e. The predicted octanol–water partition coefficient (Wildman–Crippen LogP) is 6.30. The number of benzene rings is 1. The normalized spacial score (nSPS) is 12.1. The summed E-state index contributed by atoms with van der Waals surface area (Å²) < 4.78 is 0. The molecule has 2 aliphatic heterocycles. The molecule has 4 heteroatoms. The highest BCUT2D eigenvalue weighted by Gasteiger charge is 2.07. The van der Waals surface area contributed by atoms with Gasteiger partial charge in [-0.3, -0.25) is 0 Å². The van der Waals surface area contributed by atoms with Crippen molar-refractivity contribution in [3.63, 3.8) is 0 Å². The first-order valence-electron chi connectivity index (χ1n) is 10.4. The quantitative estimate of drug-likeness (QED) is 0.312. The van der Waals surface area contributed by atoms with Crippen LogP contribution in [0.1, 0.15) is 28.3 Å². The third kappa shape index (κ3) is 3.42. The van der Waals surface area contributed by atoms with E-state index in [0.29, 0.717) is 0 Å². The molecule has 0 aliphatic carbocycles. The van der Waals surface area contributed by atoms with Gasteiger partial charge in [-0.2, -0.15) is 0 Å². The van der Waals surface area contributed by atoms with Crippen LogP contribution in [0.25, 0.3) is 57.5 Å². The Hall–Kier alpha value is -4.62. The van der Waals surface area contributed by atoms with E-state index in [0.717, 1.165) is 61.5 Å². The van der Waals surface area contributed by atoms with Crippen LogP contribution in [0.4, 0.5) is 0 Å². The highest BCUT2D eigenvalue weighted by molar-refractivity contribution is 5.88. The van der Waals surface area contributed by atoms with Crippen molar-refractivity contribution in [2.45, 2.75) is 0 Å². The summed E-state index contributed by atoms with van der Waals surface area (Å²) in [4.78, 5) is 16.4. The van der Waals surface area contributed by atoms with E-state index in [4.69, 9.17) is 16.4 Å². The number of hydrogen-bond donors (Lipinski definition) is 2. The molecule has 2 N–H and O–H groups in total. The minimum absolute atomic E-state index is 0.852. The van der Waals surface area contributed by atoms with Crippen molar-refractivity contribution in [3.8, 4) is 23.5 Å². The van der Waals surface area contributed by atoms with Gasteiger partial charge in [0.05, 0.1) is 22.8 Å². The standard InChI is InChI=1S/C28H18N4/c1-2-18-4-3-5-19(12-18)27-16-26-15-24-9-8-22(30-24)13-20-6-7-21(29-20)14-23-10-11-25(31-23)17-28(27)32-26/h1,3-17,29,32H. The van der Waals surface area contributed by atoms with Gasteiger partial charge in [-0.15, -0.1) is 6.42 Å². The molecular weight excluding hydrogens is 392 g/mol. The van der Waals surface area contributed by atoms with Crippen molar-refractivity contribution in [3.05, 3.63) is 95.1 Å². The number of aromatic nitrogens is 4. The molecule has 0 atom stereocenters. The fraction of sp³-hybridized carbons (Fsp3) is 0. The topological polar surface area (TPSA) is 57.4 Å². The van der Waals surface area contributed by atoms with Gasteiger partial charge in [-0.05, 0) is 84.5 Å². The van der Waals surface area contributed by atoms with E-state index >= 15 is 0 Å². The minimum Gasteiger partial charge on any atom is -0.355 e. The van der Waals surface area contributed by atoms with Gasteiger partial charge < -0.3 is 9.97 Å². The average Bonchev–Trinajstić information content (AvgIpc) is 3.59. The first-order valence-corrected chi connectivity index (χ1v) is 10.4. The van der Waals surface area contributed by atoms with Gasteiger partial charge >= 0.3 is 0 Å². The molecular formula is C28H18N4. The van der Waals surface area contributed by atoms with E-state index in [2.05, 4.69) is 34.1 Å². The summed E-state index contributed by atoms with van der Waals surface area (Å²) in [6.45, 7) is 0. The highest BCUT2D eigenvalue weighted by Crippen LogP contribution is 2.28. The van der Waals surface area contributed by atoms with Gasteiger partial charge in [0.15, 0.2) is 0 Å². The Balaban J connectivity index is 1.67. The fourth-order valence-corrected chi connectivity index (χ4v) is 4.03. The number of terminal acetylenes is 1. The van der Waals surface area contributed by atoms with Gasteiger partial charge in [-0.25, -0.2) is 9.97 Å². The molecule has 150 valence electrons. The summed E-state index contributed by atoms with van der Waals surface area (Å²) >= 11 is 0. The molecule has 1 aromatic carbocycles. The Morgan fingerprint density at radius 1 is 0.625 bits per heavy atom. The van der Waals surface area contributed by atoms with E-state index in [1.54, 1.807) is 0 Å². The molecule has 8 bridgehead atoms. The zero-order valence-corrected chi connectivity index (χ0v) is 17.1. The second-order valence-corrected chi connectivity index (χ2v) is 7.81. The second-order valence-electron chi connectivity index (χ2n) is 7.81. The number of fused-ring (bicyclic) bond motifs is 8. The molecule has 0 fully saturated rings. The average molecular weight is 410 g/mol. The molecule has 6 rings (SSSR count). The third-order valence-electron chi connectivity index (χ3n) is 5.51. The minimum atomic E-state index is 0.852. The lowest BCUT2D eigenvalue weighted by atomic mass is 10.0. The van der Waals surface area contributed by atoms with E-state index in [1.165, 1.54) is 0 Å². The van der Waals surface area contributed by atoms with E-state index in [1.807, 2.05) is 72.8 Å². The van der Waals surface area contributed by atoms with Gasteiger partial charge in [0.1, 0.15) is 0 Å². The highest BCUT2D eigenvalue weighted by atomic mass is 14.8. The van der Waals surface area contributed by atoms with Crippen LogP contribution in [0.3, 0.4) is 0 Å². The number of nitrogens with one attached hydrogen (secondary N) is 2. The molecule has 0 saturated carbocycles. The van der Waals surface area contributed by atoms with Crippen LogP contribution in [0.15, 0.2) is 66.7 Å². The van der Waals surface area contributed by atoms with Crippen molar-refractivity contribution in [1.29, 1.82) is 0 Å². The summed E-state index contributed by atoms with van der Waals surface area (Å²) in [5, 5.41) is 0.